The van der Waals surface area contributed by atoms with Crippen LogP contribution in [0.5, 0.6) is 0 Å². The molecule has 140 valence electrons. The molecule has 2 aromatic carbocycles. The van der Waals surface area contributed by atoms with Crippen LogP contribution in [-0.4, -0.2) is 42.1 Å². The van der Waals surface area contributed by atoms with Crippen molar-refractivity contribution in [2.24, 2.45) is 0 Å². The van der Waals surface area contributed by atoms with Crippen molar-refractivity contribution >= 4 is 39.6 Å². The first-order chi connectivity index (χ1) is 13.1. The summed E-state index contributed by atoms with van der Waals surface area (Å²) in [4.78, 5) is 9.40. The summed E-state index contributed by atoms with van der Waals surface area (Å²) in [6.45, 7) is 8.97. The van der Waals surface area contributed by atoms with Gasteiger partial charge in [-0.15, -0.1) is 0 Å². The molecule has 1 aliphatic rings. The molecule has 0 bridgehead atoms. The molecule has 0 aliphatic carbocycles. The zero-order valence-corrected chi connectivity index (χ0v) is 16.6. The average molecular weight is 381 g/mol. The van der Waals surface area contributed by atoms with E-state index >= 15 is 0 Å². The van der Waals surface area contributed by atoms with Gasteiger partial charge in [0.1, 0.15) is 0 Å². The molecule has 27 heavy (non-hydrogen) atoms. The van der Waals surface area contributed by atoms with Gasteiger partial charge in [0.15, 0.2) is 0 Å². The van der Waals surface area contributed by atoms with Gasteiger partial charge in [-0.3, -0.25) is 9.88 Å². The lowest BCUT2D eigenvalue weighted by Crippen LogP contribution is -2.48. The third kappa shape index (κ3) is 4.02. The lowest BCUT2D eigenvalue weighted by Gasteiger charge is -2.38. The SMILES string of the molecule is CC(C)N1CCN(c2ccc(Nc3ccnc4cc(Cl)ccc34)cc2)CC1. The second-order valence-corrected chi connectivity index (χ2v) is 7.75. The summed E-state index contributed by atoms with van der Waals surface area (Å²) in [6, 6.07) is 17.1. The molecule has 0 unspecified atom stereocenters. The molecule has 1 N–H and O–H groups in total. The number of rotatable bonds is 4. The van der Waals surface area contributed by atoms with Crippen LogP contribution in [0, 0.1) is 0 Å². The monoisotopic (exact) mass is 380 g/mol. The van der Waals surface area contributed by atoms with Crippen molar-refractivity contribution in [3.05, 3.63) is 59.8 Å². The molecule has 1 saturated heterocycles. The topological polar surface area (TPSA) is 31.4 Å². The Bertz CT molecular complexity index is 915. The summed E-state index contributed by atoms with van der Waals surface area (Å²) in [5.41, 5.74) is 4.29. The van der Waals surface area contributed by atoms with E-state index in [9.17, 15) is 0 Å². The van der Waals surface area contributed by atoms with Crippen LogP contribution in [0.15, 0.2) is 54.7 Å². The van der Waals surface area contributed by atoms with Crippen molar-refractivity contribution in [1.82, 2.24) is 9.88 Å². The van der Waals surface area contributed by atoms with E-state index in [1.807, 2.05) is 30.5 Å². The number of halogens is 1. The fourth-order valence-corrected chi connectivity index (χ4v) is 3.80. The van der Waals surface area contributed by atoms with Gasteiger partial charge < -0.3 is 10.2 Å². The van der Waals surface area contributed by atoms with E-state index in [1.165, 1.54) is 5.69 Å². The van der Waals surface area contributed by atoms with Gasteiger partial charge in [0.25, 0.3) is 0 Å². The molecule has 5 heteroatoms. The van der Waals surface area contributed by atoms with E-state index in [-0.39, 0.29) is 0 Å². The third-order valence-corrected chi connectivity index (χ3v) is 5.50. The number of pyridine rings is 1. The predicted octanol–water partition coefficient (Wildman–Crippen LogP) is 5.16. The Labute approximate surface area is 165 Å². The van der Waals surface area contributed by atoms with Gasteiger partial charge in [-0.1, -0.05) is 11.6 Å². The summed E-state index contributed by atoms with van der Waals surface area (Å²) in [5.74, 6) is 0. The van der Waals surface area contributed by atoms with Crippen LogP contribution in [0.25, 0.3) is 10.9 Å². The second kappa shape index (κ2) is 7.75. The summed E-state index contributed by atoms with van der Waals surface area (Å²) < 4.78 is 0. The number of fused-ring (bicyclic) bond motifs is 1. The fraction of sp³-hybridized carbons (Fsp3) is 0.318. The van der Waals surface area contributed by atoms with E-state index in [2.05, 4.69) is 58.2 Å². The van der Waals surface area contributed by atoms with Gasteiger partial charge >= 0.3 is 0 Å². The first kappa shape index (κ1) is 18.1. The minimum absolute atomic E-state index is 0.629. The zero-order valence-electron chi connectivity index (χ0n) is 15.8. The van der Waals surface area contributed by atoms with Gasteiger partial charge in [-0.25, -0.2) is 0 Å². The van der Waals surface area contributed by atoms with Gasteiger partial charge in [0.05, 0.1) is 5.52 Å². The Kier molecular flexibility index (Phi) is 5.19. The predicted molar refractivity (Wildman–Crippen MR) is 115 cm³/mol. The fourth-order valence-electron chi connectivity index (χ4n) is 3.64. The Balaban J connectivity index is 1.47. The quantitative estimate of drug-likeness (QED) is 0.677. The Morgan fingerprint density at radius 3 is 2.41 bits per heavy atom. The summed E-state index contributed by atoms with van der Waals surface area (Å²) in [5, 5.41) is 5.28. The van der Waals surface area contributed by atoms with Gasteiger partial charge in [-0.2, -0.15) is 0 Å². The second-order valence-electron chi connectivity index (χ2n) is 7.31. The molecule has 0 spiro atoms. The average Bonchev–Trinajstić information content (AvgIpc) is 2.68. The van der Waals surface area contributed by atoms with Crippen LogP contribution in [0.2, 0.25) is 5.02 Å². The van der Waals surface area contributed by atoms with E-state index in [4.69, 9.17) is 11.6 Å². The van der Waals surface area contributed by atoms with E-state index in [0.29, 0.717) is 11.1 Å². The highest BCUT2D eigenvalue weighted by atomic mass is 35.5. The number of nitrogens with one attached hydrogen (secondary N) is 1. The highest BCUT2D eigenvalue weighted by Gasteiger charge is 2.18. The summed E-state index contributed by atoms with van der Waals surface area (Å²) in [7, 11) is 0. The maximum atomic E-state index is 6.08. The first-order valence-corrected chi connectivity index (χ1v) is 9.88. The number of aromatic nitrogens is 1. The van der Waals surface area contributed by atoms with Gasteiger partial charge in [-0.05, 0) is 62.4 Å². The molecule has 3 aromatic rings. The normalized spacial score (nSPS) is 15.5. The van der Waals surface area contributed by atoms with E-state index < -0.39 is 0 Å². The Morgan fingerprint density at radius 2 is 1.70 bits per heavy atom. The van der Waals surface area contributed by atoms with Crippen LogP contribution >= 0.6 is 11.6 Å². The van der Waals surface area contributed by atoms with Crippen LogP contribution < -0.4 is 10.2 Å². The summed E-state index contributed by atoms with van der Waals surface area (Å²) >= 11 is 6.08. The standard InChI is InChI=1S/C22H25ClN4/c1-16(2)26-11-13-27(14-12-26)19-6-4-18(5-7-19)25-21-9-10-24-22-15-17(23)3-8-20(21)22/h3-10,15-16H,11-14H2,1-2H3,(H,24,25). The van der Waals surface area contributed by atoms with Crippen molar-refractivity contribution in [2.75, 3.05) is 36.4 Å². The molecule has 1 aromatic heterocycles. The molecule has 0 saturated carbocycles. The Hall–Kier alpha value is -2.30. The van der Waals surface area contributed by atoms with Gasteiger partial charge in [0, 0.05) is 65.9 Å². The van der Waals surface area contributed by atoms with Crippen molar-refractivity contribution in [3.8, 4) is 0 Å². The molecule has 4 nitrogen and oxygen atoms in total. The van der Waals surface area contributed by atoms with Crippen molar-refractivity contribution in [1.29, 1.82) is 0 Å². The molecule has 2 heterocycles. The number of benzene rings is 2. The largest absolute Gasteiger partial charge is 0.369 e. The number of hydrogen-bond acceptors (Lipinski definition) is 4. The number of nitrogens with zero attached hydrogens (tertiary/aromatic N) is 3. The van der Waals surface area contributed by atoms with Gasteiger partial charge in [0.2, 0.25) is 0 Å². The zero-order chi connectivity index (χ0) is 18.8. The minimum Gasteiger partial charge on any atom is -0.369 e. The molecule has 0 radical (unpaired) electrons. The van der Waals surface area contributed by atoms with Crippen molar-refractivity contribution in [2.45, 2.75) is 19.9 Å². The number of hydrogen-bond donors (Lipinski definition) is 1. The third-order valence-electron chi connectivity index (χ3n) is 5.26. The van der Waals surface area contributed by atoms with E-state index in [0.717, 1.165) is 48.5 Å². The maximum absolute atomic E-state index is 6.08. The number of anilines is 3. The van der Waals surface area contributed by atoms with Crippen molar-refractivity contribution in [3.63, 3.8) is 0 Å². The molecule has 0 amide bonds. The summed E-state index contributed by atoms with van der Waals surface area (Å²) in [6.07, 6.45) is 1.81. The lowest BCUT2D eigenvalue weighted by molar-refractivity contribution is 0.209. The minimum atomic E-state index is 0.629. The smallest absolute Gasteiger partial charge is 0.0737 e. The molecular formula is C22H25ClN4. The van der Waals surface area contributed by atoms with Crippen molar-refractivity contribution < 1.29 is 0 Å². The number of piperazine rings is 1. The van der Waals surface area contributed by atoms with E-state index in [1.54, 1.807) is 0 Å². The van der Waals surface area contributed by atoms with Crippen LogP contribution in [0.3, 0.4) is 0 Å². The maximum Gasteiger partial charge on any atom is 0.0737 e. The first-order valence-electron chi connectivity index (χ1n) is 9.50. The van der Waals surface area contributed by atoms with Crippen LogP contribution in [-0.2, 0) is 0 Å². The molecular weight excluding hydrogens is 356 g/mol. The van der Waals surface area contributed by atoms with Crippen LogP contribution in [0.4, 0.5) is 17.1 Å². The lowest BCUT2D eigenvalue weighted by atomic mass is 10.1. The molecule has 0 atom stereocenters. The molecule has 4 rings (SSSR count). The molecule has 1 aliphatic heterocycles. The van der Waals surface area contributed by atoms with Crippen LogP contribution in [0.1, 0.15) is 13.8 Å². The molecule has 1 fully saturated rings. The highest BCUT2D eigenvalue weighted by molar-refractivity contribution is 6.31. The highest BCUT2D eigenvalue weighted by Crippen LogP contribution is 2.28. The Morgan fingerprint density at radius 1 is 0.963 bits per heavy atom.